The average molecular weight is 232 g/mol. The van der Waals surface area contributed by atoms with E-state index in [-0.39, 0.29) is 11.9 Å². The molecule has 0 unspecified atom stereocenters. The SMILES string of the molecule is N[C@@H]1COc2cc(F)c(Br)cc21. The van der Waals surface area contributed by atoms with Crippen LogP contribution in [0.2, 0.25) is 0 Å². The van der Waals surface area contributed by atoms with Crippen LogP contribution in [0.15, 0.2) is 16.6 Å². The lowest BCUT2D eigenvalue weighted by Crippen LogP contribution is -2.10. The Morgan fingerprint density at radius 1 is 1.58 bits per heavy atom. The van der Waals surface area contributed by atoms with Crippen molar-refractivity contribution in [1.29, 1.82) is 0 Å². The molecule has 1 atom stereocenters. The first kappa shape index (κ1) is 8.01. The summed E-state index contributed by atoms with van der Waals surface area (Å²) < 4.78 is 18.5. The van der Waals surface area contributed by atoms with Crippen LogP contribution >= 0.6 is 15.9 Å². The predicted octanol–water partition coefficient (Wildman–Crippen LogP) is 1.98. The second kappa shape index (κ2) is 2.71. The molecule has 0 saturated carbocycles. The van der Waals surface area contributed by atoms with Gasteiger partial charge in [0, 0.05) is 11.6 Å². The zero-order chi connectivity index (χ0) is 8.72. The van der Waals surface area contributed by atoms with E-state index in [1.807, 2.05) is 0 Å². The second-order valence-electron chi connectivity index (χ2n) is 2.72. The molecule has 0 aromatic heterocycles. The Bertz CT molecular complexity index is 329. The van der Waals surface area contributed by atoms with E-state index >= 15 is 0 Å². The standard InChI is InChI=1S/C8H7BrFNO/c9-5-1-4-7(11)3-12-8(4)2-6(5)10/h1-2,7H,3,11H2/t7-/m1/s1. The van der Waals surface area contributed by atoms with Gasteiger partial charge in [0.15, 0.2) is 0 Å². The highest BCUT2D eigenvalue weighted by Crippen LogP contribution is 2.34. The molecule has 1 aliphatic heterocycles. The van der Waals surface area contributed by atoms with E-state index in [2.05, 4.69) is 15.9 Å². The van der Waals surface area contributed by atoms with E-state index < -0.39 is 0 Å². The van der Waals surface area contributed by atoms with Gasteiger partial charge in [0.2, 0.25) is 0 Å². The molecule has 0 radical (unpaired) electrons. The van der Waals surface area contributed by atoms with Crippen molar-refractivity contribution in [2.45, 2.75) is 6.04 Å². The number of nitrogens with two attached hydrogens (primary N) is 1. The molecule has 0 saturated heterocycles. The van der Waals surface area contributed by atoms with Crippen LogP contribution in [0, 0.1) is 5.82 Å². The zero-order valence-electron chi connectivity index (χ0n) is 6.18. The Kier molecular flexibility index (Phi) is 1.81. The normalized spacial score (nSPS) is 20.4. The van der Waals surface area contributed by atoms with Gasteiger partial charge < -0.3 is 10.5 Å². The van der Waals surface area contributed by atoms with E-state index in [0.717, 1.165) is 5.56 Å². The first-order valence-electron chi connectivity index (χ1n) is 3.56. The van der Waals surface area contributed by atoms with Crippen molar-refractivity contribution in [3.05, 3.63) is 28.0 Å². The molecular formula is C8H7BrFNO. The first-order valence-corrected chi connectivity index (χ1v) is 4.35. The van der Waals surface area contributed by atoms with Gasteiger partial charge in [-0.25, -0.2) is 4.39 Å². The predicted molar refractivity (Wildman–Crippen MR) is 46.5 cm³/mol. The Morgan fingerprint density at radius 3 is 3.08 bits per heavy atom. The molecule has 12 heavy (non-hydrogen) atoms. The lowest BCUT2D eigenvalue weighted by atomic mass is 10.1. The summed E-state index contributed by atoms with van der Waals surface area (Å²) in [5.74, 6) is 0.242. The van der Waals surface area contributed by atoms with Crippen LogP contribution in [0.25, 0.3) is 0 Å². The molecule has 0 spiro atoms. The molecule has 2 nitrogen and oxygen atoms in total. The van der Waals surface area contributed by atoms with E-state index in [1.54, 1.807) is 6.07 Å². The van der Waals surface area contributed by atoms with E-state index in [0.29, 0.717) is 16.8 Å². The van der Waals surface area contributed by atoms with Crippen LogP contribution in [0.1, 0.15) is 11.6 Å². The van der Waals surface area contributed by atoms with Crippen LogP contribution in [-0.4, -0.2) is 6.61 Å². The Labute approximate surface area is 77.6 Å². The van der Waals surface area contributed by atoms with E-state index in [4.69, 9.17) is 10.5 Å². The van der Waals surface area contributed by atoms with Crippen LogP contribution in [0.4, 0.5) is 4.39 Å². The molecule has 0 amide bonds. The second-order valence-corrected chi connectivity index (χ2v) is 3.58. The molecule has 1 aliphatic rings. The molecule has 0 bridgehead atoms. The molecule has 4 heteroatoms. The van der Waals surface area contributed by atoms with E-state index in [9.17, 15) is 4.39 Å². The molecule has 1 aromatic carbocycles. The molecule has 2 rings (SSSR count). The summed E-state index contributed by atoms with van der Waals surface area (Å²) >= 11 is 3.09. The number of benzene rings is 1. The van der Waals surface area contributed by atoms with Gasteiger partial charge in [0.25, 0.3) is 0 Å². The number of hydrogen-bond donors (Lipinski definition) is 1. The number of ether oxygens (including phenoxy) is 1. The Morgan fingerprint density at radius 2 is 2.33 bits per heavy atom. The maximum Gasteiger partial charge on any atom is 0.141 e. The Hall–Kier alpha value is -0.610. The van der Waals surface area contributed by atoms with Gasteiger partial charge in [-0.1, -0.05) is 0 Å². The minimum atomic E-state index is -0.317. The van der Waals surface area contributed by atoms with Gasteiger partial charge >= 0.3 is 0 Å². The fraction of sp³-hybridized carbons (Fsp3) is 0.250. The molecule has 0 aliphatic carbocycles. The van der Waals surface area contributed by atoms with Crippen LogP contribution in [-0.2, 0) is 0 Å². The van der Waals surface area contributed by atoms with Crippen molar-refractivity contribution in [1.82, 2.24) is 0 Å². The van der Waals surface area contributed by atoms with Crippen molar-refractivity contribution in [2.75, 3.05) is 6.61 Å². The summed E-state index contributed by atoms with van der Waals surface area (Å²) in [6.45, 7) is 0.436. The smallest absolute Gasteiger partial charge is 0.141 e. The number of hydrogen-bond acceptors (Lipinski definition) is 2. The van der Waals surface area contributed by atoms with Gasteiger partial charge in [-0.15, -0.1) is 0 Å². The minimum absolute atomic E-state index is 0.128. The molecule has 1 aromatic rings. The molecule has 64 valence electrons. The molecular weight excluding hydrogens is 225 g/mol. The topological polar surface area (TPSA) is 35.2 Å². The lowest BCUT2D eigenvalue weighted by Gasteiger charge is -2.01. The Balaban J connectivity index is 2.56. The largest absolute Gasteiger partial charge is 0.491 e. The summed E-state index contributed by atoms with van der Waals surface area (Å²) in [6, 6.07) is 2.89. The highest BCUT2D eigenvalue weighted by molar-refractivity contribution is 9.10. The third-order valence-electron chi connectivity index (χ3n) is 1.87. The highest BCUT2D eigenvalue weighted by Gasteiger charge is 2.22. The van der Waals surface area contributed by atoms with Gasteiger partial charge in [-0.2, -0.15) is 0 Å². The fourth-order valence-corrected chi connectivity index (χ4v) is 1.59. The number of fused-ring (bicyclic) bond motifs is 1. The van der Waals surface area contributed by atoms with Crippen molar-refractivity contribution in [2.24, 2.45) is 5.73 Å². The molecule has 0 fully saturated rings. The lowest BCUT2D eigenvalue weighted by molar-refractivity contribution is 0.332. The van der Waals surface area contributed by atoms with Crippen molar-refractivity contribution >= 4 is 15.9 Å². The zero-order valence-corrected chi connectivity index (χ0v) is 7.77. The van der Waals surface area contributed by atoms with Crippen LogP contribution < -0.4 is 10.5 Å². The summed E-state index contributed by atoms with van der Waals surface area (Å²) in [6.07, 6.45) is 0. The monoisotopic (exact) mass is 231 g/mol. The van der Waals surface area contributed by atoms with Crippen LogP contribution in [0.3, 0.4) is 0 Å². The maximum absolute atomic E-state index is 12.9. The van der Waals surface area contributed by atoms with Crippen molar-refractivity contribution < 1.29 is 9.13 Å². The third-order valence-corrected chi connectivity index (χ3v) is 2.48. The average Bonchev–Trinajstić information content (AvgIpc) is 2.35. The van der Waals surface area contributed by atoms with Gasteiger partial charge in [0.05, 0.1) is 10.5 Å². The summed E-state index contributed by atoms with van der Waals surface area (Å²) in [5, 5.41) is 0. The molecule has 2 N–H and O–H groups in total. The summed E-state index contributed by atoms with van der Waals surface area (Å²) in [5.41, 5.74) is 6.56. The number of rotatable bonds is 0. The van der Waals surface area contributed by atoms with Crippen molar-refractivity contribution in [3.63, 3.8) is 0 Å². The van der Waals surface area contributed by atoms with Crippen LogP contribution in [0.5, 0.6) is 5.75 Å². The first-order chi connectivity index (χ1) is 5.68. The summed E-state index contributed by atoms with van der Waals surface area (Å²) in [4.78, 5) is 0. The molecule has 1 heterocycles. The van der Waals surface area contributed by atoms with Gasteiger partial charge in [-0.3, -0.25) is 0 Å². The maximum atomic E-state index is 12.9. The van der Waals surface area contributed by atoms with E-state index in [1.165, 1.54) is 6.07 Å². The van der Waals surface area contributed by atoms with Gasteiger partial charge in [0.1, 0.15) is 18.2 Å². The fourth-order valence-electron chi connectivity index (χ4n) is 1.23. The van der Waals surface area contributed by atoms with Crippen molar-refractivity contribution in [3.8, 4) is 5.75 Å². The minimum Gasteiger partial charge on any atom is -0.491 e. The quantitative estimate of drug-likeness (QED) is 0.742. The number of halogens is 2. The highest BCUT2D eigenvalue weighted by atomic mass is 79.9. The van der Waals surface area contributed by atoms with Gasteiger partial charge in [-0.05, 0) is 22.0 Å². The third kappa shape index (κ3) is 1.11. The summed E-state index contributed by atoms with van der Waals surface area (Å²) in [7, 11) is 0.